The normalized spacial score (nSPS) is 13.4. The van der Waals surface area contributed by atoms with E-state index in [1.54, 1.807) is 50.2 Å². The molecule has 0 spiro atoms. The quantitative estimate of drug-likeness (QED) is 0.157. The fourth-order valence-electron chi connectivity index (χ4n) is 7.79. The highest BCUT2D eigenvalue weighted by molar-refractivity contribution is 6.11. The molecule has 0 aliphatic carbocycles. The van der Waals surface area contributed by atoms with Crippen molar-refractivity contribution < 1.29 is 52.7 Å². The molecule has 0 amide bonds. The van der Waals surface area contributed by atoms with Gasteiger partial charge in [-0.1, -0.05) is 53.6 Å². The summed E-state index contributed by atoms with van der Waals surface area (Å²) in [7, 11) is 0. The Hall–Kier alpha value is -5.92. The number of aromatic nitrogens is 2. The summed E-state index contributed by atoms with van der Waals surface area (Å²) in [6.45, 7) is 3.52. The van der Waals surface area contributed by atoms with E-state index in [1.165, 1.54) is 21.3 Å². The molecule has 0 saturated carbocycles. The number of hydrogen-bond acceptors (Lipinski definition) is 0. The van der Waals surface area contributed by atoms with Crippen LogP contribution in [0.5, 0.6) is 0 Å². The Morgan fingerprint density at radius 1 is 0.333 bits per heavy atom. The first-order chi connectivity index (χ1) is 26.6. The molecule has 6 aromatic carbocycles. The minimum atomic E-state index is -6.11. The van der Waals surface area contributed by atoms with Crippen molar-refractivity contribution in [3.63, 3.8) is 0 Å². The third-order valence-electron chi connectivity index (χ3n) is 10.5. The first-order valence-corrected chi connectivity index (χ1v) is 17.2. The fourth-order valence-corrected chi connectivity index (χ4v) is 7.79. The molecule has 292 valence electrons. The van der Waals surface area contributed by atoms with Crippen LogP contribution in [-0.2, 0) is 17.8 Å². The zero-order valence-electron chi connectivity index (χ0n) is 29.5. The van der Waals surface area contributed by atoms with Gasteiger partial charge in [-0.3, -0.25) is 0 Å². The summed E-state index contributed by atoms with van der Waals surface area (Å²) < 4.78 is 181. The molecule has 2 heterocycles. The molecule has 8 rings (SSSR count). The molecular formula is C43H26F12N2. The van der Waals surface area contributed by atoms with Gasteiger partial charge >= 0.3 is 24.7 Å². The van der Waals surface area contributed by atoms with E-state index in [-0.39, 0.29) is 49.3 Å². The van der Waals surface area contributed by atoms with E-state index in [2.05, 4.69) is 0 Å². The van der Waals surface area contributed by atoms with Crippen molar-refractivity contribution in [1.29, 1.82) is 0 Å². The van der Waals surface area contributed by atoms with Crippen LogP contribution in [0.4, 0.5) is 52.7 Å². The van der Waals surface area contributed by atoms with Gasteiger partial charge in [0.25, 0.3) is 0 Å². The van der Waals surface area contributed by atoms with Crippen molar-refractivity contribution in [3.8, 4) is 11.4 Å². The lowest BCUT2D eigenvalue weighted by atomic mass is 9.72. The number of benzene rings is 6. The van der Waals surface area contributed by atoms with Crippen LogP contribution in [-0.4, -0.2) is 21.5 Å². The van der Waals surface area contributed by atoms with E-state index in [9.17, 15) is 26.3 Å². The fraction of sp³-hybridized carbons (Fsp3) is 0.163. The van der Waals surface area contributed by atoms with Crippen LogP contribution >= 0.6 is 0 Å². The lowest BCUT2D eigenvalue weighted by molar-refractivity contribution is -0.288. The molecule has 0 saturated heterocycles. The Balaban J connectivity index is 1.47. The number of alkyl halides is 12. The topological polar surface area (TPSA) is 9.86 Å². The van der Waals surface area contributed by atoms with Gasteiger partial charge in [0.1, 0.15) is 0 Å². The highest BCUT2D eigenvalue weighted by Gasteiger charge is 2.72. The Morgan fingerprint density at radius 2 is 0.667 bits per heavy atom. The maximum atomic E-state index is 15.7. The summed E-state index contributed by atoms with van der Waals surface area (Å²) >= 11 is 0. The summed E-state index contributed by atoms with van der Waals surface area (Å²) in [6, 6.07) is 22.7. The van der Waals surface area contributed by atoms with Crippen molar-refractivity contribution in [1.82, 2.24) is 9.13 Å². The van der Waals surface area contributed by atoms with Crippen LogP contribution in [0.25, 0.3) is 55.0 Å². The Labute approximate surface area is 315 Å². The van der Waals surface area contributed by atoms with Crippen molar-refractivity contribution in [3.05, 3.63) is 155 Å². The summed E-state index contributed by atoms with van der Waals surface area (Å²) in [5.41, 5.74) is -7.41. The third kappa shape index (κ3) is 5.90. The van der Waals surface area contributed by atoms with Gasteiger partial charge in [0.15, 0.2) is 0 Å². The Bertz CT molecular complexity index is 2840. The molecule has 0 aliphatic heterocycles. The largest absolute Gasteiger partial charge is 0.416 e. The molecule has 0 aliphatic rings. The highest BCUT2D eigenvalue weighted by atomic mass is 19.4. The maximum absolute atomic E-state index is 15.7. The van der Waals surface area contributed by atoms with Gasteiger partial charge in [0.05, 0.1) is 33.2 Å². The van der Waals surface area contributed by atoms with E-state index in [4.69, 9.17) is 0 Å². The molecule has 0 N–H and O–H groups in total. The first-order valence-electron chi connectivity index (χ1n) is 17.2. The lowest BCUT2D eigenvalue weighted by Crippen LogP contribution is -2.54. The molecule has 57 heavy (non-hydrogen) atoms. The van der Waals surface area contributed by atoms with Crippen LogP contribution in [0.15, 0.2) is 121 Å². The molecule has 0 fully saturated rings. The highest BCUT2D eigenvalue weighted by Crippen LogP contribution is 2.57. The summed E-state index contributed by atoms with van der Waals surface area (Å²) in [5, 5.41) is -0.658. The zero-order chi connectivity index (χ0) is 41.0. The van der Waals surface area contributed by atoms with Gasteiger partial charge in [-0.15, -0.1) is 0 Å². The predicted molar refractivity (Wildman–Crippen MR) is 194 cm³/mol. The van der Waals surface area contributed by atoms with E-state index in [0.717, 1.165) is 53.6 Å². The maximum Gasteiger partial charge on any atom is 0.416 e. The average molecular weight is 799 g/mol. The van der Waals surface area contributed by atoms with Crippen LogP contribution in [0.2, 0.25) is 0 Å². The molecule has 2 aromatic heterocycles. The zero-order valence-corrected chi connectivity index (χ0v) is 29.5. The van der Waals surface area contributed by atoms with E-state index < -0.39 is 52.4 Å². The second kappa shape index (κ2) is 12.5. The minimum Gasteiger partial charge on any atom is -0.309 e. The van der Waals surface area contributed by atoms with Gasteiger partial charge in [0.2, 0.25) is 5.41 Å². The van der Waals surface area contributed by atoms with Gasteiger partial charge in [-0.2, -0.15) is 52.7 Å². The number of hydrogen-bond donors (Lipinski definition) is 0. The monoisotopic (exact) mass is 798 g/mol. The van der Waals surface area contributed by atoms with Gasteiger partial charge in [0, 0.05) is 32.9 Å². The summed E-state index contributed by atoms with van der Waals surface area (Å²) in [6.07, 6.45) is -21.9. The van der Waals surface area contributed by atoms with Crippen LogP contribution < -0.4 is 0 Å². The molecule has 0 bridgehead atoms. The average Bonchev–Trinajstić information content (AvgIpc) is 3.62. The van der Waals surface area contributed by atoms with Crippen molar-refractivity contribution >= 4 is 43.6 Å². The van der Waals surface area contributed by atoms with Crippen molar-refractivity contribution in [2.75, 3.05) is 0 Å². The van der Waals surface area contributed by atoms with Crippen LogP contribution in [0, 0.1) is 13.8 Å². The number of halogens is 12. The molecule has 0 radical (unpaired) electrons. The Kier molecular flexibility index (Phi) is 8.36. The number of fused-ring (bicyclic) bond motifs is 6. The summed E-state index contributed by atoms with van der Waals surface area (Å²) in [5.74, 6) is 0. The smallest absolute Gasteiger partial charge is 0.309 e. The molecular weight excluding hydrogens is 772 g/mol. The first kappa shape index (κ1) is 38.0. The van der Waals surface area contributed by atoms with Gasteiger partial charge in [-0.25, -0.2) is 0 Å². The summed E-state index contributed by atoms with van der Waals surface area (Å²) in [4.78, 5) is 0. The molecule has 14 heteroatoms. The standard InChI is InChI=1S/C43H26F12N2/c1-23-3-11-29(12-4-23)56-36-16-8-25(19-33(36)34-21-28(41(47,48)49)10-18-37(34)56)39(42(50,51)52,43(53,54)55)26-7-15-31-32-20-27(40(44,45)46)9-17-35(32)57(38(31)22-26)30-13-5-24(2)6-14-30/h3-22H,1-2H3. The van der Waals surface area contributed by atoms with Gasteiger partial charge in [-0.05, 0) is 104 Å². The number of rotatable bonds is 4. The van der Waals surface area contributed by atoms with Crippen LogP contribution in [0.3, 0.4) is 0 Å². The lowest BCUT2D eigenvalue weighted by Gasteiger charge is -2.38. The number of aryl methyl sites for hydroxylation is 2. The Morgan fingerprint density at radius 3 is 1.07 bits per heavy atom. The second-order valence-electron chi connectivity index (χ2n) is 14.0. The minimum absolute atomic E-state index is 0.0463. The SMILES string of the molecule is Cc1ccc(-n2c3ccc(C(F)(F)F)cc3c3cc(C(c4ccc5c6cc(C(F)(F)F)ccc6n(-c6ccc(C)cc6)c5c4)(C(F)(F)F)C(F)(F)F)ccc32)cc1. The van der Waals surface area contributed by atoms with Crippen molar-refractivity contribution in [2.45, 2.75) is 44.0 Å². The van der Waals surface area contributed by atoms with E-state index in [1.807, 2.05) is 0 Å². The third-order valence-corrected chi connectivity index (χ3v) is 10.5. The molecule has 2 nitrogen and oxygen atoms in total. The predicted octanol–water partition coefficient (Wildman–Crippen LogP) is 13.9. The van der Waals surface area contributed by atoms with E-state index in [0.29, 0.717) is 36.0 Å². The van der Waals surface area contributed by atoms with Crippen LogP contribution in [0.1, 0.15) is 33.4 Å². The molecule has 0 atom stereocenters. The van der Waals surface area contributed by atoms with Crippen molar-refractivity contribution in [2.24, 2.45) is 0 Å². The van der Waals surface area contributed by atoms with E-state index >= 15 is 26.3 Å². The number of nitrogens with zero attached hydrogens (tertiary/aromatic N) is 2. The second-order valence-corrected chi connectivity index (χ2v) is 14.0. The molecule has 0 unspecified atom stereocenters. The van der Waals surface area contributed by atoms with Gasteiger partial charge < -0.3 is 9.13 Å². The molecule has 8 aromatic rings.